The normalized spacial score (nSPS) is 18.3. The number of hydrogen-bond acceptors (Lipinski definition) is 13. The smallest absolute Gasteiger partial charge is 0.248 e. The summed E-state index contributed by atoms with van der Waals surface area (Å²) >= 11 is 0. The third kappa shape index (κ3) is 21.1. The van der Waals surface area contributed by atoms with Crippen molar-refractivity contribution in [3.63, 3.8) is 0 Å². The molecule has 2 aliphatic rings. The van der Waals surface area contributed by atoms with Crippen molar-refractivity contribution in [3.05, 3.63) is 0 Å². The first-order valence-electron chi connectivity index (χ1n) is 29.1. The molecule has 0 aliphatic carbocycles. The first-order chi connectivity index (χ1) is 37.8. The molecular weight excluding hydrogens is 1060 g/mol. The predicted molar refractivity (Wildman–Crippen MR) is 307 cm³/mol. The van der Waals surface area contributed by atoms with Crippen LogP contribution in [0.4, 0.5) is 0 Å². The molecule has 0 spiro atoms. The van der Waals surface area contributed by atoms with Crippen LogP contribution in [-0.2, 0) is 57.5 Å². The fourth-order valence-corrected chi connectivity index (χ4v) is 9.94. The summed E-state index contributed by atoms with van der Waals surface area (Å²) in [5, 5.41) is 34.3. The average Bonchev–Trinajstić information content (AvgIpc) is 4.20. The van der Waals surface area contributed by atoms with Crippen LogP contribution in [0.1, 0.15) is 175 Å². The lowest BCUT2D eigenvalue weighted by molar-refractivity contribution is -0.146. The maximum absolute atomic E-state index is 14.5. The molecule has 0 aromatic carbocycles. The second-order valence-corrected chi connectivity index (χ2v) is 25.4. The summed E-state index contributed by atoms with van der Waals surface area (Å²) in [5.74, 6) is -9.14. The van der Waals surface area contributed by atoms with Gasteiger partial charge in [-0.3, -0.25) is 57.5 Å². The number of hydrogen-bond donors (Lipinski definition) is 11. The Bertz CT molecular complexity index is 2300. The fourth-order valence-electron chi connectivity index (χ4n) is 9.94. The van der Waals surface area contributed by atoms with Crippen molar-refractivity contribution in [1.82, 2.24) is 57.7 Å². The number of likely N-dealkylation sites (tertiary alicyclic amines) is 2. The Morgan fingerprint density at radius 2 is 0.988 bits per heavy atom. The van der Waals surface area contributed by atoms with Gasteiger partial charge in [-0.15, -0.1) is 0 Å². The number of primary amides is 1. The van der Waals surface area contributed by atoms with Crippen LogP contribution in [0.25, 0.3) is 0 Å². The maximum Gasteiger partial charge on any atom is 0.248 e. The van der Waals surface area contributed by atoms with E-state index in [9.17, 15) is 62.6 Å². The van der Waals surface area contributed by atoms with E-state index in [4.69, 9.17) is 5.73 Å². The molecule has 82 heavy (non-hydrogen) atoms. The van der Waals surface area contributed by atoms with E-state index in [1.807, 2.05) is 41.5 Å². The summed E-state index contributed by atoms with van der Waals surface area (Å²) in [6.45, 7) is 28.2. The Morgan fingerprint density at radius 1 is 0.537 bits per heavy atom. The van der Waals surface area contributed by atoms with Gasteiger partial charge in [-0.2, -0.15) is 0 Å². The molecule has 12 N–H and O–H groups in total. The molecule has 0 aromatic heterocycles. The second kappa shape index (κ2) is 31.3. The Balaban J connectivity index is 2.31. The molecule has 2 saturated heterocycles. The van der Waals surface area contributed by atoms with Crippen molar-refractivity contribution in [2.45, 2.75) is 240 Å². The zero-order valence-corrected chi connectivity index (χ0v) is 51.8. The summed E-state index contributed by atoms with van der Waals surface area (Å²) in [7, 11) is 0. The summed E-state index contributed by atoms with van der Waals surface area (Å²) in [5.41, 5.74) is 0.743. The van der Waals surface area contributed by atoms with E-state index in [1.54, 1.807) is 27.7 Å². The van der Waals surface area contributed by atoms with Crippen molar-refractivity contribution in [2.24, 2.45) is 35.3 Å². The van der Waals surface area contributed by atoms with Gasteiger partial charge in [0.1, 0.15) is 58.9 Å². The SMILES string of the molecule is CC[C@H](C)[C@H](NC(=O)[C@@H](NC(=O)[C@H](CCC(N)=O)NC(=O)C(C)(C)NC(C)=O)C(C)C)C(=O)NC(C)(C)C(=O)N1CCC[C@H]1C(=O)N[C@@H](CC(C)C)C(=O)N[C@@H](CC(C)C)C(=O)NC(C)(C)C(=O)N1CCC[C@H]1C(=O)N[C@H](CO)C(C)C. The summed E-state index contributed by atoms with van der Waals surface area (Å²) in [6, 6.07) is -8.53. The Hall–Kier alpha value is -6.40. The maximum atomic E-state index is 14.5. The van der Waals surface area contributed by atoms with Crippen molar-refractivity contribution >= 4 is 70.9 Å². The van der Waals surface area contributed by atoms with Gasteiger partial charge in [-0.05, 0) is 116 Å². The minimum absolute atomic E-state index is 0.0531. The highest BCUT2D eigenvalue weighted by Crippen LogP contribution is 2.25. The Morgan fingerprint density at radius 3 is 1.41 bits per heavy atom. The molecule has 12 amide bonds. The molecule has 25 nitrogen and oxygen atoms in total. The van der Waals surface area contributed by atoms with E-state index in [2.05, 4.69) is 47.9 Å². The van der Waals surface area contributed by atoms with Gasteiger partial charge in [0.15, 0.2) is 0 Å². The summed E-state index contributed by atoms with van der Waals surface area (Å²) in [4.78, 5) is 166. The van der Waals surface area contributed by atoms with Crippen LogP contribution >= 0.6 is 0 Å². The Labute approximate surface area is 485 Å². The van der Waals surface area contributed by atoms with Gasteiger partial charge in [-0.25, -0.2) is 0 Å². The monoisotopic (exact) mass is 1160 g/mol. The number of nitrogens with two attached hydrogens (primary N) is 1. The number of nitrogens with one attached hydrogen (secondary N) is 9. The highest BCUT2D eigenvalue weighted by atomic mass is 16.3. The molecule has 0 radical (unpaired) electrons. The molecule has 466 valence electrons. The fraction of sp³-hybridized carbons (Fsp3) is 0.789. The van der Waals surface area contributed by atoms with Gasteiger partial charge in [0.25, 0.3) is 0 Å². The van der Waals surface area contributed by atoms with Gasteiger partial charge in [-0.1, -0.05) is 75.7 Å². The van der Waals surface area contributed by atoms with Crippen molar-refractivity contribution in [3.8, 4) is 0 Å². The molecule has 0 saturated carbocycles. The van der Waals surface area contributed by atoms with E-state index < -0.39 is 148 Å². The first kappa shape index (κ1) is 71.7. The minimum atomic E-state index is -1.65. The van der Waals surface area contributed by atoms with E-state index in [1.165, 1.54) is 58.3 Å². The van der Waals surface area contributed by atoms with Crippen molar-refractivity contribution < 1.29 is 62.6 Å². The van der Waals surface area contributed by atoms with Crippen LogP contribution in [0.3, 0.4) is 0 Å². The summed E-state index contributed by atoms with van der Waals surface area (Å²) < 4.78 is 0. The van der Waals surface area contributed by atoms with Crippen LogP contribution in [0, 0.1) is 29.6 Å². The molecule has 2 heterocycles. The van der Waals surface area contributed by atoms with Gasteiger partial charge in [0.05, 0.1) is 12.6 Å². The molecule has 0 aromatic rings. The number of carbonyl (C=O) groups excluding carboxylic acids is 12. The number of aliphatic hydroxyl groups is 1. The number of rotatable bonds is 31. The van der Waals surface area contributed by atoms with Crippen LogP contribution < -0.4 is 53.6 Å². The minimum Gasteiger partial charge on any atom is -0.394 e. The molecule has 9 atom stereocenters. The van der Waals surface area contributed by atoms with Gasteiger partial charge >= 0.3 is 0 Å². The number of amides is 12. The summed E-state index contributed by atoms with van der Waals surface area (Å²) in [6.07, 6.45) is 1.79. The zero-order chi connectivity index (χ0) is 62.9. The van der Waals surface area contributed by atoms with Crippen LogP contribution in [0.2, 0.25) is 0 Å². The standard InChI is InChI=1S/C57H100N12O13/c1-18-34(10)44(64-50(78)43(33(8)9)63-45(73)36(23-24-42(58)72)62-52(80)55(12,13)65-35(11)71)51(79)67-57(16,17)54(82)68-25-19-21-40(68)48(76)60-37(27-30(2)3)46(74)59-38(28-31(4)5)47(75)66-56(14,15)53(81)69-26-20-22-41(69)49(77)61-39(29-70)32(6)7/h30-34,36-41,43-44,70H,18-29H2,1-17H3,(H2,58,72)(H,59,74)(H,60,76)(H,61,77)(H,62,80)(H,63,73)(H,64,78)(H,65,71)(H,66,75)(H,67,79)/t34-,36-,37-,38-,39+,40-,41-,43-,44-/m0/s1. The number of carbonyl (C=O) groups is 12. The van der Waals surface area contributed by atoms with Crippen molar-refractivity contribution in [1.29, 1.82) is 0 Å². The lowest BCUT2D eigenvalue weighted by atomic mass is 9.94. The Kier molecular flexibility index (Phi) is 27.4. The molecule has 2 fully saturated rings. The molecule has 25 heteroatoms. The molecule has 0 unspecified atom stereocenters. The van der Waals surface area contributed by atoms with E-state index >= 15 is 0 Å². The molecule has 0 bridgehead atoms. The topological polar surface area (TPSA) is 366 Å². The predicted octanol–water partition coefficient (Wildman–Crippen LogP) is 0.290. The molecule has 2 aliphatic heterocycles. The third-order valence-electron chi connectivity index (χ3n) is 15.0. The zero-order valence-electron chi connectivity index (χ0n) is 51.8. The first-order valence-corrected chi connectivity index (χ1v) is 29.1. The molecular formula is C57H100N12O13. The van der Waals surface area contributed by atoms with Crippen molar-refractivity contribution in [2.75, 3.05) is 19.7 Å². The number of aliphatic hydroxyl groups excluding tert-OH is 1. The highest BCUT2D eigenvalue weighted by Gasteiger charge is 2.46. The number of nitrogens with zero attached hydrogens (tertiary/aromatic N) is 2. The van der Waals surface area contributed by atoms with Crippen LogP contribution in [-0.4, -0.2) is 170 Å². The van der Waals surface area contributed by atoms with Gasteiger partial charge < -0.3 is 68.5 Å². The van der Waals surface area contributed by atoms with Crippen LogP contribution in [0.5, 0.6) is 0 Å². The highest BCUT2D eigenvalue weighted by molar-refractivity contribution is 6.01. The van der Waals surface area contributed by atoms with Gasteiger partial charge in [0.2, 0.25) is 70.9 Å². The average molecular weight is 1160 g/mol. The quantitative estimate of drug-likeness (QED) is 0.0445. The lowest BCUT2D eigenvalue weighted by Crippen LogP contribution is -2.64. The van der Waals surface area contributed by atoms with E-state index in [-0.39, 0.29) is 69.6 Å². The van der Waals surface area contributed by atoms with E-state index in [0.29, 0.717) is 25.7 Å². The lowest BCUT2D eigenvalue weighted by Gasteiger charge is -2.36. The van der Waals surface area contributed by atoms with E-state index in [0.717, 1.165) is 0 Å². The largest absolute Gasteiger partial charge is 0.394 e. The second-order valence-electron chi connectivity index (χ2n) is 25.4. The van der Waals surface area contributed by atoms with Crippen LogP contribution in [0.15, 0.2) is 0 Å². The third-order valence-corrected chi connectivity index (χ3v) is 15.0. The molecule has 2 rings (SSSR count). The van der Waals surface area contributed by atoms with Gasteiger partial charge in [0, 0.05) is 26.4 Å².